The van der Waals surface area contributed by atoms with Crippen LogP contribution >= 0.6 is 0 Å². The molecule has 0 saturated carbocycles. The topological polar surface area (TPSA) is 88.8 Å². The minimum atomic E-state index is 0.472. The van der Waals surface area contributed by atoms with Crippen LogP contribution in [0.5, 0.6) is 0 Å². The third kappa shape index (κ3) is 3.71. The molecule has 4 N–H and O–H groups in total. The summed E-state index contributed by atoms with van der Waals surface area (Å²) in [4.78, 5) is 13.2. The van der Waals surface area contributed by atoms with E-state index in [1.54, 1.807) is 0 Å². The van der Waals surface area contributed by atoms with E-state index in [1.807, 2.05) is 31.2 Å². The van der Waals surface area contributed by atoms with Crippen LogP contribution in [0.1, 0.15) is 16.8 Å². The second kappa shape index (κ2) is 7.52. The number of nitrogens with one attached hydrogen (secondary N) is 2. The number of para-hydroxylation sites is 1. The summed E-state index contributed by atoms with van der Waals surface area (Å²) in [6, 6.07) is 18.4. The van der Waals surface area contributed by atoms with Gasteiger partial charge in [0.2, 0.25) is 0 Å². The molecular weight excluding hydrogens is 348 g/mol. The van der Waals surface area contributed by atoms with Crippen LogP contribution in [0.25, 0.3) is 10.9 Å². The summed E-state index contributed by atoms with van der Waals surface area (Å²) in [6.45, 7) is 4.68. The summed E-state index contributed by atoms with van der Waals surface area (Å²) in [5.41, 5.74) is 11.9. The molecule has 0 fully saturated rings. The largest absolute Gasteiger partial charge is 0.393 e. The molecule has 0 aliphatic heterocycles. The Balaban J connectivity index is 1.59. The lowest BCUT2D eigenvalue weighted by atomic mass is 10.1. The number of aromatic nitrogens is 3. The summed E-state index contributed by atoms with van der Waals surface area (Å²) in [5.74, 6) is 1.15. The van der Waals surface area contributed by atoms with E-state index in [9.17, 15) is 0 Å². The van der Waals surface area contributed by atoms with Crippen molar-refractivity contribution in [3.8, 4) is 0 Å². The summed E-state index contributed by atoms with van der Waals surface area (Å²) in [7, 11) is 0. The zero-order chi connectivity index (χ0) is 19.5. The van der Waals surface area contributed by atoms with E-state index in [0.717, 1.165) is 27.8 Å². The maximum atomic E-state index is 6.32. The van der Waals surface area contributed by atoms with Crippen molar-refractivity contribution in [3.05, 3.63) is 77.7 Å². The van der Waals surface area contributed by atoms with Gasteiger partial charge in [-0.1, -0.05) is 48.0 Å². The molecular formula is C22H22N6. The molecule has 2 aromatic heterocycles. The molecule has 0 unspecified atom stereocenters. The molecule has 0 saturated heterocycles. The highest BCUT2D eigenvalue weighted by atomic mass is 15.1. The normalized spacial score (nSPS) is 10.8. The Morgan fingerprint density at radius 1 is 0.893 bits per heavy atom. The molecule has 140 valence electrons. The first-order chi connectivity index (χ1) is 13.6. The van der Waals surface area contributed by atoms with Gasteiger partial charge in [-0.2, -0.15) is 0 Å². The van der Waals surface area contributed by atoms with Crippen LogP contribution in [0.3, 0.4) is 0 Å². The zero-order valence-corrected chi connectivity index (χ0v) is 15.9. The first-order valence-electron chi connectivity index (χ1n) is 9.13. The molecule has 2 aromatic carbocycles. The molecule has 0 amide bonds. The predicted molar refractivity (Wildman–Crippen MR) is 115 cm³/mol. The highest BCUT2D eigenvalue weighted by Gasteiger charge is 2.10. The van der Waals surface area contributed by atoms with Crippen LogP contribution in [0.2, 0.25) is 0 Å². The van der Waals surface area contributed by atoms with Gasteiger partial charge in [0, 0.05) is 17.6 Å². The fraction of sp³-hybridized carbons (Fsp3) is 0.136. The van der Waals surface area contributed by atoms with E-state index in [1.165, 1.54) is 11.9 Å². The van der Waals surface area contributed by atoms with E-state index >= 15 is 0 Å². The number of nitrogen functional groups attached to an aromatic ring is 1. The number of anilines is 4. The van der Waals surface area contributed by atoms with Crippen LogP contribution < -0.4 is 16.4 Å². The van der Waals surface area contributed by atoms with E-state index in [0.29, 0.717) is 23.9 Å². The molecule has 6 nitrogen and oxygen atoms in total. The summed E-state index contributed by atoms with van der Waals surface area (Å²) >= 11 is 0. The molecule has 0 aliphatic carbocycles. The highest BCUT2D eigenvalue weighted by molar-refractivity contribution is 5.93. The molecule has 0 bridgehead atoms. The van der Waals surface area contributed by atoms with E-state index in [2.05, 4.69) is 62.8 Å². The van der Waals surface area contributed by atoms with Crippen LogP contribution in [0.15, 0.2) is 60.9 Å². The molecule has 0 aliphatic rings. The number of aryl methyl sites for hydroxylation is 2. The summed E-state index contributed by atoms with van der Waals surface area (Å²) in [5, 5.41) is 7.66. The Morgan fingerprint density at radius 2 is 1.68 bits per heavy atom. The molecule has 0 atom stereocenters. The number of rotatable bonds is 5. The van der Waals surface area contributed by atoms with Gasteiger partial charge in [-0.3, -0.25) is 4.98 Å². The second-order valence-corrected chi connectivity index (χ2v) is 6.78. The van der Waals surface area contributed by atoms with Gasteiger partial charge in [0.25, 0.3) is 0 Å². The molecule has 28 heavy (non-hydrogen) atoms. The van der Waals surface area contributed by atoms with E-state index in [4.69, 9.17) is 5.73 Å². The Labute approximate surface area is 163 Å². The van der Waals surface area contributed by atoms with Crippen molar-refractivity contribution in [2.75, 3.05) is 16.4 Å². The first-order valence-corrected chi connectivity index (χ1v) is 9.13. The van der Waals surface area contributed by atoms with Gasteiger partial charge in [0.15, 0.2) is 11.6 Å². The monoisotopic (exact) mass is 370 g/mol. The van der Waals surface area contributed by atoms with E-state index < -0.39 is 0 Å². The van der Waals surface area contributed by atoms with Crippen molar-refractivity contribution in [2.24, 2.45) is 0 Å². The Kier molecular flexibility index (Phi) is 4.76. The van der Waals surface area contributed by atoms with Crippen molar-refractivity contribution in [1.82, 2.24) is 15.0 Å². The molecule has 0 radical (unpaired) electrons. The lowest BCUT2D eigenvalue weighted by Gasteiger charge is -2.14. The highest BCUT2D eigenvalue weighted by Crippen LogP contribution is 2.29. The van der Waals surface area contributed by atoms with Crippen LogP contribution in [-0.2, 0) is 6.54 Å². The summed E-state index contributed by atoms with van der Waals surface area (Å²) < 4.78 is 0. The standard InChI is InChI=1S/C22H22N6/c1-14-6-9-16(10-7-14)12-24-21-19(23)22(26-13-25-21)28-18-5-3-4-17-11-8-15(2)27-20(17)18/h3-11,13H,12,23H2,1-2H3,(H2,24,25,26,28). The maximum absolute atomic E-state index is 6.32. The number of hydrogen-bond acceptors (Lipinski definition) is 6. The van der Waals surface area contributed by atoms with Crippen molar-refractivity contribution >= 4 is 33.9 Å². The minimum Gasteiger partial charge on any atom is -0.393 e. The first kappa shape index (κ1) is 17.7. The molecule has 6 heteroatoms. The minimum absolute atomic E-state index is 0.472. The van der Waals surface area contributed by atoms with Crippen molar-refractivity contribution in [1.29, 1.82) is 0 Å². The molecule has 4 rings (SSSR count). The maximum Gasteiger partial charge on any atom is 0.159 e. The van der Waals surface area contributed by atoms with Crippen molar-refractivity contribution in [3.63, 3.8) is 0 Å². The van der Waals surface area contributed by atoms with Gasteiger partial charge in [-0.15, -0.1) is 0 Å². The van der Waals surface area contributed by atoms with Crippen LogP contribution in [0.4, 0.5) is 23.0 Å². The van der Waals surface area contributed by atoms with Gasteiger partial charge >= 0.3 is 0 Å². The second-order valence-electron chi connectivity index (χ2n) is 6.78. The van der Waals surface area contributed by atoms with Crippen LogP contribution in [-0.4, -0.2) is 15.0 Å². The molecule has 2 heterocycles. The number of hydrogen-bond donors (Lipinski definition) is 3. The number of pyridine rings is 1. The Bertz CT molecular complexity index is 1120. The van der Waals surface area contributed by atoms with Gasteiger partial charge < -0.3 is 16.4 Å². The Hall–Kier alpha value is -3.67. The number of nitrogens with zero attached hydrogens (tertiary/aromatic N) is 3. The third-order valence-electron chi connectivity index (χ3n) is 4.58. The summed E-state index contributed by atoms with van der Waals surface area (Å²) in [6.07, 6.45) is 1.50. The lowest BCUT2D eigenvalue weighted by molar-refractivity contribution is 1.08. The Morgan fingerprint density at radius 3 is 2.50 bits per heavy atom. The van der Waals surface area contributed by atoms with Gasteiger partial charge in [0.1, 0.15) is 12.0 Å². The quantitative estimate of drug-likeness (QED) is 0.476. The smallest absolute Gasteiger partial charge is 0.159 e. The van der Waals surface area contributed by atoms with Gasteiger partial charge in [-0.25, -0.2) is 9.97 Å². The SMILES string of the molecule is Cc1ccc(CNc2ncnc(Nc3cccc4ccc(C)nc34)c2N)cc1. The average Bonchev–Trinajstić information content (AvgIpc) is 2.70. The fourth-order valence-electron chi connectivity index (χ4n) is 3.00. The van der Waals surface area contributed by atoms with Gasteiger partial charge in [0.05, 0.1) is 11.2 Å². The lowest BCUT2D eigenvalue weighted by Crippen LogP contribution is -2.08. The number of nitrogens with two attached hydrogens (primary N) is 1. The number of benzene rings is 2. The van der Waals surface area contributed by atoms with Crippen LogP contribution in [0, 0.1) is 13.8 Å². The zero-order valence-electron chi connectivity index (χ0n) is 15.9. The van der Waals surface area contributed by atoms with Crippen molar-refractivity contribution < 1.29 is 0 Å². The third-order valence-corrected chi connectivity index (χ3v) is 4.58. The van der Waals surface area contributed by atoms with Crippen molar-refractivity contribution in [2.45, 2.75) is 20.4 Å². The number of fused-ring (bicyclic) bond motifs is 1. The average molecular weight is 370 g/mol. The molecule has 0 spiro atoms. The molecule has 4 aromatic rings. The van der Waals surface area contributed by atoms with E-state index in [-0.39, 0.29) is 0 Å². The van der Waals surface area contributed by atoms with Gasteiger partial charge in [-0.05, 0) is 31.5 Å². The fourth-order valence-corrected chi connectivity index (χ4v) is 3.00. The predicted octanol–water partition coefficient (Wildman–Crippen LogP) is 4.58.